The fourth-order valence-electron chi connectivity index (χ4n) is 3.45. The van der Waals surface area contributed by atoms with Gasteiger partial charge in [0.2, 0.25) is 10.0 Å². The summed E-state index contributed by atoms with van der Waals surface area (Å²) in [6.45, 7) is 3.80. The molecule has 1 aromatic heterocycles. The molecule has 0 bridgehead atoms. The molecular formula is C20H21F2N3O4S. The van der Waals surface area contributed by atoms with E-state index in [9.17, 15) is 17.2 Å². The van der Waals surface area contributed by atoms with Gasteiger partial charge in [-0.05, 0) is 37.3 Å². The van der Waals surface area contributed by atoms with Crippen molar-refractivity contribution in [2.75, 3.05) is 26.3 Å². The summed E-state index contributed by atoms with van der Waals surface area (Å²) in [6.07, 6.45) is 0. The first-order valence-corrected chi connectivity index (χ1v) is 11.0. The number of fused-ring (bicyclic) bond motifs is 1. The van der Waals surface area contributed by atoms with E-state index in [2.05, 4.69) is 4.98 Å². The van der Waals surface area contributed by atoms with Crippen molar-refractivity contribution in [2.45, 2.75) is 25.0 Å². The molecule has 0 atom stereocenters. The molecule has 0 N–H and O–H groups in total. The van der Waals surface area contributed by atoms with Crippen LogP contribution in [0.5, 0.6) is 5.75 Å². The molecule has 0 aliphatic carbocycles. The van der Waals surface area contributed by atoms with Gasteiger partial charge in [0.1, 0.15) is 18.2 Å². The minimum atomic E-state index is -3.64. The lowest BCUT2D eigenvalue weighted by Gasteiger charge is -2.26. The number of aryl methyl sites for hydroxylation is 1. The summed E-state index contributed by atoms with van der Waals surface area (Å²) >= 11 is 0. The fraction of sp³-hybridized carbons (Fsp3) is 0.350. The molecular weight excluding hydrogens is 416 g/mol. The van der Waals surface area contributed by atoms with E-state index in [1.165, 1.54) is 16.4 Å². The molecule has 0 amide bonds. The summed E-state index contributed by atoms with van der Waals surface area (Å²) in [7, 11) is -3.64. The second-order valence-electron chi connectivity index (χ2n) is 6.80. The van der Waals surface area contributed by atoms with Gasteiger partial charge in [0, 0.05) is 25.7 Å². The van der Waals surface area contributed by atoms with Crippen molar-refractivity contribution in [2.24, 2.45) is 0 Å². The number of halogens is 2. The van der Waals surface area contributed by atoms with Gasteiger partial charge in [0.15, 0.2) is 11.6 Å². The molecule has 7 nitrogen and oxygen atoms in total. The number of sulfonamides is 1. The Morgan fingerprint density at radius 1 is 1.13 bits per heavy atom. The van der Waals surface area contributed by atoms with Crippen LogP contribution in [0, 0.1) is 11.6 Å². The first kappa shape index (κ1) is 20.7. The molecule has 0 saturated carbocycles. The Labute approximate surface area is 172 Å². The minimum Gasteiger partial charge on any atom is -0.483 e. The third-order valence-electron chi connectivity index (χ3n) is 4.97. The van der Waals surface area contributed by atoms with E-state index in [1.807, 2.05) is 11.5 Å². The van der Waals surface area contributed by atoms with Gasteiger partial charge in [-0.2, -0.15) is 4.31 Å². The van der Waals surface area contributed by atoms with Crippen LogP contribution in [0.15, 0.2) is 41.3 Å². The lowest BCUT2D eigenvalue weighted by molar-refractivity contribution is 0.0730. The lowest BCUT2D eigenvalue weighted by atomic mass is 10.3. The zero-order valence-electron chi connectivity index (χ0n) is 16.3. The van der Waals surface area contributed by atoms with Gasteiger partial charge in [0.05, 0.1) is 29.1 Å². The Bertz CT molecular complexity index is 1170. The summed E-state index contributed by atoms with van der Waals surface area (Å²) in [6, 6.07) is 7.89. The zero-order valence-corrected chi connectivity index (χ0v) is 17.2. The summed E-state index contributed by atoms with van der Waals surface area (Å²) in [5, 5.41) is 0. The van der Waals surface area contributed by atoms with E-state index < -0.39 is 21.7 Å². The maximum Gasteiger partial charge on any atom is 0.243 e. The van der Waals surface area contributed by atoms with E-state index in [0.717, 1.165) is 17.6 Å². The number of imidazole rings is 1. The van der Waals surface area contributed by atoms with Crippen LogP contribution in [0.3, 0.4) is 0 Å². The van der Waals surface area contributed by atoms with Crippen molar-refractivity contribution in [3.63, 3.8) is 0 Å². The summed E-state index contributed by atoms with van der Waals surface area (Å²) in [4.78, 5) is 4.66. The highest BCUT2D eigenvalue weighted by Gasteiger charge is 2.27. The number of aromatic nitrogens is 2. The van der Waals surface area contributed by atoms with Crippen molar-refractivity contribution in [1.82, 2.24) is 13.9 Å². The van der Waals surface area contributed by atoms with Crippen LogP contribution in [-0.2, 0) is 27.9 Å². The lowest BCUT2D eigenvalue weighted by Crippen LogP contribution is -2.40. The number of hydrogen-bond donors (Lipinski definition) is 0. The molecule has 2 aromatic carbocycles. The summed E-state index contributed by atoms with van der Waals surface area (Å²) < 4.78 is 66.7. The van der Waals surface area contributed by atoms with Crippen LogP contribution in [0.2, 0.25) is 0 Å². The number of rotatable bonds is 6. The van der Waals surface area contributed by atoms with Crippen molar-refractivity contribution in [3.8, 4) is 5.75 Å². The van der Waals surface area contributed by atoms with E-state index >= 15 is 0 Å². The van der Waals surface area contributed by atoms with Crippen molar-refractivity contribution >= 4 is 21.1 Å². The molecule has 0 spiro atoms. The van der Waals surface area contributed by atoms with E-state index in [0.29, 0.717) is 44.2 Å². The smallest absolute Gasteiger partial charge is 0.243 e. The van der Waals surface area contributed by atoms with Crippen LogP contribution in [0.25, 0.3) is 11.0 Å². The van der Waals surface area contributed by atoms with E-state index in [-0.39, 0.29) is 17.3 Å². The number of nitrogens with zero attached hydrogens (tertiary/aromatic N) is 3. The van der Waals surface area contributed by atoms with Gasteiger partial charge < -0.3 is 14.0 Å². The number of hydrogen-bond acceptors (Lipinski definition) is 5. The van der Waals surface area contributed by atoms with Gasteiger partial charge in [-0.15, -0.1) is 0 Å². The molecule has 0 radical (unpaired) electrons. The van der Waals surface area contributed by atoms with Gasteiger partial charge >= 0.3 is 0 Å². The van der Waals surface area contributed by atoms with E-state index in [4.69, 9.17) is 9.47 Å². The first-order valence-electron chi connectivity index (χ1n) is 9.55. The molecule has 4 rings (SSSR count). The Kier molecular flexibility index (Phi) is 5.72. The Morgan fingerprint density at radius 3 is 2.60 bits per heavy atom. The zero-order chi connectivity index (χ0) is 21.3. The molecule has 2 heterocycles. The standard InChI is InChI=1S/C20H21F2N3O4S/c1-2-25-18-5-4-15(30(26,27)24-7-9-28-10-8-24)12-17(18)23-20(25)13-29-19-6-3-14(21)11-16(19)22/h3-6,11-12H,2,7-10,13H2,1H3. The third-order valence-corrected chi connectivity index (χ3v) is 6.87. The molecule has 3 aromatic rings. The second kappa shape index (κ2) is 8.29. The third kappa shape index (κ3) is 3.90. The van der Waals surface area contributed by atoms with Gasteiger partial charge in [0.25, 0.3) is 0 Å². The maximum absolute atomic E-state index is 13.8. The first-order chi connectivity index (χ1) is 14.4. The molecule has 1 aliphatic heterocycles. The summed E-state index contributed by atoms with van der Waals surface area (Å²) in [5.41, 5.74) is 1.25. The number of morpholine rings is 1. The molecule has 1 aliphatic rings. The predicted molar refractivity (Wildman–Crippen MR) is 106 cm³/mol. The van der Waals surface area contributed by atoms with Gasteiger partial charge in [-0.1, -0.05) is 0 Å². The number of ether oxygens (including phenoxy) is 2. The van der Waals surface area contributed by atoms with Gasteiger partial charge in [-0.25, -0.2) is 22.2 Å². The maximum atomic E-state index is 13.8. The van der Waals surface area contributed by atoms with Crippen molar-refractivity contribution in [3.05, 3.63) is 53.9 Å². The topological polar surface area (TPSA) is 73.7 Å². The highest BCUT2D eigenvalue weighted by molar-refractivity contribution is 7.89. The average molecular weight is 437 g/mol. The highest BCUT2D eigenvalue weighted by Crippen LogP contribution is 2.25. The Morgan fingerprint density at radius 2 is 1.90 bits per heavy atom. The normalized spacial score (nSPS) is 15.6. The Hall–Kier alpha value is -2.56. The van der Waals surface area contributed by atoms with Crippen LogP contribution in [0.4, 0.5) is 8.78 Å². The van der Waals surface area contributed by atoms with Crippen molar-refractivity contribution in [1.29, 1.82) is 0 Å². The second-order valence-corrected chi connectivity index (χ2v) is 8.74. The highest BCUT2D eigenvalue weighted by atomic mass is 32.2. The van der Waals surface area contributed by atoms with Crippen LogP contribution < -0.4 is 4.74 Å². The van der Waals surface area contributed by atoms with Crippen molar-refractivity contribution < 1.29 is 26.7 Å². The monoisotopic (exact) mass is 437 g/mol. The van der Waals surface area contributed by atoms with Crippen LogP contribution in [-0.4, -0.2) is 48.6 Å². The van der Waals surface area contributed by atoms with Crippen LogP contribution >= 0.6 is 0 Å². The van der Waals surface area contributed by atoms with E-state index in [1.54, 1.807) is 12.1 Å². The van der Waals surface area contributed by atoms with Crippen LogP contribution in [0.1, 0.15) is 12.7 Å². The summed E-state index contributed by atoms with van der Waals surface area (Å²) in [5.74, 6) is -1.05. The molecule has 1 saturated heterocycles. The predicted octanol–water partition coefficient (Wildman–Crippen LogP) is 2.93. The average Bonchev–Trinajstić information content (AvgIpc) is 3.10. The fourth-order valence-corrected chi connectivity index (χ4v) is 4.88. The van der Waals surface area contributed by atoms with Gasteiger partial charge in [-0.3, -0.25) is 0 Å². The number of benzene rings is 2. The molecule has 160 valence electrons. The molecule has 1 fully saturated rings. The molecule has 30 heavy (non-hydrogen) atoms. The minimum absolute atomic E-state index is 0.0450. The molecule has 10 heteroatoms. The SMILES string of the molecule is CCn1c(COc2ccc(F)cc2F)nc2cc(S(=O)(=O)N3CCOCC3)ccc21. The Balaban J connectivity index is 1.63. The molecule has 0 unspecified atom stereocenters. The quantitative estimate of drug-likeness (QED) is 0.593. The largest absolute Gasteiger partial charge is 0.483 e.